The Kier molecular flexibility index (Phi) is 7.77. The molecular formula is C17H21BrN2O2. The summed E-state index contributed by atoms with van der Waals surface area (Å²) in [5.41, 5.74) is 1.88. The van der Waals surface area contributed by atoms with Gasteiger partial charge in [-0.1, -0.05) is 30.3 Å². The number of aliphatic hydroxyl groups is 1. The van der Waals surface area contributed by atoms with Crippen LogP contribution in [0.4, 0.5) is 0 Å². The van der Waals surface area contributed by atoms with E-state index >= 15 is 0 Å². The number of amides is 1. The summed E-state index contributed by atoms with van der Waals surface area (Å²) in [6, 6.07) is 13.2. The molecule has 118 valence electrons. The predicted molar refractivity (Wildman–Crippen MR) is 91.9 cm³/mol. The molecule has 0 aliphatic heterocycles. The minimum Gasteiger partial charge on any atom is -0.395 e. The minimum absolute atomic E-state index is 0. The molecule has 1 aromatic heterocycles. The van der Waals surface area contributed by atoms with Gasteiger partial charge in [0, 0.05) is 25.5 Å². The smallest absolute Gasteiger partial charge is 0.232 e. The Morgan fingerprint density at radius 3 is 2.36 bits per heavy atom. The molecule has 0 aliphatic rings. The average Bonchev–Trinajstić information content (AvgIpc) is 2.55. The maximum Gasteiger partial charge on any atom is 0.232 e. The molecule has 2 rings (SSSR count). The summed E-state index contributed by atoms with van der Waals surface area (Å²) in [6.45, 7) is 2.89. The van der Waals surface area contributed by atoms with Crippen LogP contribution in [-0.2, 0) is 11.3 Å². The largest absolute Gasteiger partial charge is 0.395 e. The standard InChI is InChI=1S/C17H20N2O2.BrH/c1-2-19(12-14-8-10-18-11-9-14)17(21)16(13-20)15-6-4-3-5-7-15;/h3-11,16,20H,2,12-13H2,1H3;1H. The van der Waals surface area contributed by atoms with Crippen LogP contribution in [0.1, 0.15) is 24.0 Å². The van der Waals surface area contributed by atoms with Crippen molar-refractivity contribution in [3.8, 4) is 0 Å². The number of halogens is 1. The lowest BCUT2D eigenvalue weighted by Crippen LogP contribution is -2.36. The third-order valence-corrected chi connectivity index (χ3v) is 3.50. The fourth-order valence-corrected chi connectivity index (χ4v) is 2.29. The monoisotopic (exact) mass is 364 g/mol. The maximum absolute atomic E-state index is 12.7. The van der Waals surface area contributed by atoms with E-state index < -0.39 is 5.92 Å². The van der Waals surface area contributed by atoms with Gasteiger partial charge in [0.2, 0.25) is 5.91 Å². The van der Waals surface area contributed by atoms with Crippen molar-refractivity contribution in [3.63, 3.8) is 0 Å². The van der Waals surface area contributed by atoms with Gasteiger partial charge >= 0.3 is 0 Å². The zero-order valence-corrected chi connectivity index (χ0v) is 14.3. The van der Waals surface area contributed by atoms with Crippen molar-refractivity contribution in [3.05, 3.63) is 66.0 Å². The fourth-order valence-electron chi connectivity index (χ4n) is 2.29. The number of hydrogen-bond acceptors (Lipinski definition) is 3. The van der Waals surface area contributed by atoms with Crippen LogP contribution in [0.2, 0.25) is 0 Å². The number of hydrogen-bond donors (Lipinski definition) is 1. The first kappa shape index (κ1) is 18.3. The molecular weight excluding hydrogens is 344 g/mol. The molecule has 0 saturated heterocycles. The van der Waals surface area contributed by atoms with Crippen molar-refractivity contribution in [1.29, 1.82) is 0 Å². The van der Waals surface area contributed by atoms with Crippen LogP contribution in [0, 0.1) is 0 Å². The second kappa shape index (κ2) is 9.33. The average molecular weight is 365 g/mol. The molecule has 22 heavy (non-hydrogen) atoms. The van der Waals surface area contributed by atoms with E-state index in [1.807, 2.05) is 49.4 Å². The van der Waals surface area contributed by atoms with Gasteiger partial charge in [-0.05, 0) is 30.2 Å². The van der Waals surface area contributed by atoms with Crippen molar-refractivity contribution >= 4 is 22.9 Å². The summed E-state index contributed by atoms with van der Waals surface area (Å²) in [7, 11) is 0. The van der Waals surface area contributed by atoms with Crippen molar-refractivity contribution in [2.24, 2.45) is 0 Å². The Hall–Kier alpha value is -1.72. The summed E-state index contributed by atoms with van der Waals surface area (Å²) < 4.78 is 0. The number of aliphatic hydroxyl groups excluding tert-OH is 1. The number of rotatable bonds is 6. The highest BCUT2D eigenvalue weighted by Gasteiger charge is 2.24. The van der Waals surface area contributed by atoms with Crippen LogP contribution in [0.15, 0.2) is 54.9 Å². The van der Waals surface area contributed by atoms with E-state index in [9.17, 15) is 9.90 Å². The van der Waals surface area contributed by atoms with Gasteiger partial charge < -0.3 is 10.0 Å². The van der Waals surface area contributed by atoms with Crippen LogP contribution in [-0.4, -0.2) is 34.0 Å². The predicted octanol–water partition coefficient (Wildman–Crippen LogP) is 2.78. The molecule has 2 aromatic rings. The third-order valence-electron chi connectivity index (χ3n) is 3.50. The Morgan fingerprint density at radius 1 is 1.18 bits per heavy atom. The summed E-state index contributed by atoms with van der Waals surface area (Å²) in [6.07, 6.45) is 3.43. The van der Waals surface area contributed by atoms with Crippen LogP contribution in [0.25, 0.3) is 0 Å². The van der Waals surface area contributed by atoms with E-state index in [4.69, 9.17) is 0 Å². The van der Waals surface area contributed by atoms with Crippen LogP contribution >= 0.6 is 17.0 Å². The van der Waals surface area contributed by atoms with E-state index in [1.165, 1.54) is 0 Å². The number of likely N-dealkylation sites (N-methyl/N-ethyl adjacent to an activating group) is 1. The molecule has 4 nitrogen and oxygen atoms in total. The Labute approximate surface area is 141 Å². The van der Waals surface area contributed by atoms with Gasteiger partial charge in [0.15, 0.2) is 0 Å². The first-order valence-electron chi connectivity index (χ1n) is 7.09. The second-order valence-corrected chi connectivity index (χ2v) is 4.85. The zero-order valence-electron chi connectivity index (χ0n) is 12.6. The van der Waals surface area contributed by atoms with Gasteiger partial charge in [-0.15, -0.1) is 17.0 Å². The number of pyridine rings is 1. The molecule has 0 radical (unpaired) electrons. The maximum atomic E-state index is 12.7. The highest BCUT2D eigenvalue weighted by molar-refractivity contribution is 8.93. The Morgan fingerprint density at radius 2 is 1.82 bits per heavy atom. The number of nitrogens with zero attached hydrogens (tertiary/aromatic N) is 2. The first-order valence-corrected chi connectivity index (χ1v) is 7.09. The topological polar surface area (TPSA) is 53.4 Å². The van der Waals surface area contributed by atoms with E-state index in [1.54, 1.807) is 17.3 Å². The van der Waals surface area contributed by atoms with Crippen molar-refractivity contribution in [2.75, 3.05) is 13.2 Å². The molecule has 5 heteroatoms. The van der Waals surface area contributed by atoms with E-state index in [0.29, 0.717) is 13.1 Å². The van der Waals surface area contributed by atoms with E-state index in [-0.39, 0.29) is 29.5 Å². The van der Waals surface area contributed by atoms with Crippen LogP contribution in [0.5, 0.6) is 0 Å². The quantitative estimate of drug-likeness (QED) is 0.857. The highest BCUT2D eigenvalue weighted by atomic mass is 79.9. The van der Waals surface area contributed by atoms with Gasteiger partial charge in [-0.3, -0.25) is 9.78 Å². The number of carbonyl (C=O) groups excluding carboxylic acids is 1. The lowest BCUT2D eigenvalue weighted by molar-refractivity contribution is -0.134. The van der Waals surface area contributed by atoms with E-state index in [0.717, 1.165) is 11.1 Å². The van der Waals surface area contributed by atoms with Crippen molar-refractivity contribution < 1.29 is 9.90 Å². The molecule has 0 saturated carbocycles. The molecule has 1 N–H and O–H groups in total. The second-order valence-electron chi connectivity index (χ2n) is 4.85. The Balaban J connectivity index is 0.00000242. The highest BCUT2D eigenvalue weighted by Crippen LogP contribution is 2.19. The number of carbonyl (C=O) groups is 1. The molecule has 1 amide bonds. The van der Waals surface area contributed by atoms with Gasteiger partial charge in [-0.2, -0.15) is 0 Å². The molecule has 0 bridgehead atoms. The van der Waals surface area contributed by atoms with Crippen LogP contribution in [0.3, 0.4) is 0 Å². The van der Waals surface area contributed by atoms with Crippen LogP contribution < -0.4 is 0 Å². The molecule has 0 aliphatic carbocycles. The molecule has 1 atom stereocenters. The first-order chi connectivity index (χ1) is 10.3. The molecule has 0 fully saturated rings. The SMILES string of the molecule is Br.CCN(Cc1ccncc1)C(=O)C(CO)c1ccccc1. The number of aromatic nitrogens is 1. The summed E-state index contributed by atoms with van der Waals surface area (Å²) >= 11 is 0. The summed E-state index contributed by atoms with van der Waals surface area (Å²) in [4.78, 5) is 18.4. The van der Waals surface area contributed by atoms with Gasteiger partial charge in [-0.25, -0.2) is 0 Å². The molecule has 1 aromatic carbocycles. The van der Waals surface area contributed by atoms with Crippen molar-refractivity contribution in [2.45, 2.75) is 19.4 Å². The Bertz CT molecular complexity index is 563. The lowest BCUT2D eigenvalue weighted by Gasteiger charge is -2.25. The minimum atomic E-state index is -0.506. The molecule has 1 unspecified atom stereocenters. The third kappa shape index (κ3) is 4.64. The molecule has 0 spiro atoms. The number of benzene rings is 1. The van der Waals surface area contributed by atoms with E-state index in [2.05, 4.69) is 4.98 Å². The summed E-state index contributed by atoms with van der Waals surface area (Å²) in [5, 5.41) is 9.60. The van der Waals surface area contributed by atoms with Gasteiger partial charge in [0.1, 0.15) is 0 Å². The summed E-state index contributed by atoms with van der Waals surface area (Å²) in [5.74, 6) is -0.559. The van der Waals surface area contributed by atoms with Gasteiger partial charge in [0.05, 0.1) is 12.5 Å². The van der Waals surface area contributed by atoms with Gasteiger partial charge in [0.25, 0.3) is 0 Å². The zero-order chi connectivity index (χ0) is 15.1. The van der Waals surface area contributed by atoms with Crippen molar-refractivity contribution in [1.82, 2.24) is 9.88 Å². The fraction of sp³-hybridized carbons (Fsp3) is 0.294. The normalized spacial score (nSPS) is 11.4. The molecule has 1 heterocycles. The lowest BCUT2D eigenvalue weighted by atomic mass is 9.98.